The van der Waals surface area contributed by atoms with Gasteiger partial charge in [-0.25, -0.2) is 0 Å². The summed E-state index contributed by atoms with van der Waals surface area (Å²) < 4.78 is 9.93. The van der Waals surface area contributed by atoms with Gasteiger partial charge in [-0.3, -0.25) is 0 Å². The van der Waals surface area contributed by atoms with Gasteiger partial charge in [0.25, 0.3) is 0 Å². The van der Waals surface area contributed by atoms with Crippen LogP contribution in [0.15, 0.2) is 12.1 Å². The zero-order valence-corrected chi connectivity index (χ0v) is 8.41. The summed E-state index contributed by atoms with van der Waals surface area (Å²) in [6.07, 6.45) is 0. The fourth-order valence-electron chi connectivity index (χ4n) is 1.29. The maximum absolute atomic E-state index is 9.50. The zero-order valence-electron chi connectivity index (χ0n) is 8.41. The fourth-order valence-corrected chi connectivity index (χ4v) is 1.29. The van der Waals surface area contributed by atoms with E-state index in [0.29, 0.717) is 18.9 Å². The molecule has 1 aromatic rings. The molecule has 0 spiro atoms. The van der Waals surface area contributed by atoms with Gasteiger partial charge in [-0.05, 0) is 17.7 Å². The first kappa shape index (κ1) is 10.8. The van der Waals surface area contributed by atoms with Gasteiger partial charge >= 0.3 is 0 Å². The quantitative estimate of drug-likeness (QED) is 0.563. The molecule has 0 atom stereocenters. The van der Waals surface area contributed by atoms with Crippen molar-refractivity contribution < 1.29 is 14.6 Å². The predicted octanol–water partition coefficient (Wildman–Crippen LogP) is 1.27. The standard InChI is InChI=1S/C10H15NO3/c1-13-5-7-3-8(6-14-2)10(11)9(12)4-7/h3-4,12H,5-6,11H2,1-2H3. The smallest absolute Gasteiger partial charge is 0.139 e. The van der Waals surface area contributed by atoms with Gasteiger partial charge in [0.1, 0.15) is 5.75 Å². The molecule has 0 aliphatic carbocycles. The number of anilines is 1. The summed E-state index contributed by atoms with van der Waals surface area (Å²) in [5.74, 6) is 0.0756. The van der Waals surface area contributed by atoms with E-state index in [1.54, 1.807) is 20.3 Å². The van der Waals surface area contributed by atoms with Crippen molar-refractivity contribution in [3.8, 4) is 5.75 Å². The van der Waals surface area contributed by atoms with Crippen LogP contribution >= 0.6 is 0 Å². The summed E-state index contributed by atoms with van der Waals surface area (Å²) in [5.41, 5.74) is 7.69. The molecule has 0 amide bonds. The molecule has 0 aliphatic heterocycles. The minimum atomic E-state index is 0.0756. The van der Waals surface area contributed by atoms with E-state index in [1.165, 1.54) is 0 Å². The van der Waals surface area contributed by atoms with Gasteiger partial charge in [0, 0.05) is 19.8 Å². The van der Waals surface area contributed by atoms with Gasteiger partial charge in [0.05, 0.1) is 18.9 Å². The second-order valence-corrected chi connectivity index (χ2v) is 3.05. The molecule has 14 heavy (non-hydrogen) atoms. The summed E-state index contributed by atoms with van der Waals surface area (Å²) in [4.78, 5) is 0. The van der Waals surface area contributed by atoms with Crippen LogP contribution in [0.3, 0.4) is 0 Å². The van der Waals surface area contributed by atoms with E-state index in [2.05, 4.69) is 0 Å². The number of hydrogen-bond acceptors (Lipinski definition) is 4. The van der Waals surface area contributed by atoms with Crippen LogP contribution in [0.5, 0.6) is 5.75 Å². The third kappa shape index (κ3) is 2.37. The molecular weight excluding hydrogens is 182 g/mol. The number of ether oxygens (including phenoxy) is 2. The molecule has 0 radical (unpaired) electrons. The van der Waals surface area contributed by atoms with Gasteiger partial charge in [-0.15, -0.1) is 0 Å². The third-order valence-corrected chi connectivity index (χ3v) is 1.91. The monoisotopic (exact) mass is 197 g/mol. The number of nitrogens with two attached hydrogens (primary N) is 1. The highest BCUT2D eigenvalue weighted by atomic mass is 16.5. The molecule has 4 nitrogen and oxygen atoms in total. The van der Waals surface area contributed by atoms with Crippen LogP contribution in [-0.2, 0) is 22.7 Å². The lowest BCUT2D eigenvalue weighted by Gasteiger charge is -2.09. The van der Waals surface area contributed by atoms with E-state index in [4.69, 9.17) is 15.2 Å². The molecule has 0 unspecified atom stereocenters. The highest BCUT2D eigenvalue weighted by Crippen LogP contribution is 2.26. The molecule has 4 heteroatoms. The first-order chi connectivity index (χ1) is 6.69. The maximum atomic E-state index is 9.50. The normalized spacial score (nSPS) is 10.4. The topological polar surface area (TPSA) is 64.7 Å². The number of methoxy groups -OCH3 is 2. The van der Waals surface area contributed by atoms with Crippen LogP contribution < -0.4 is 5.73 Å². The van der Waals surface area contributed by atoms with E-state index in [-0.39, 0.29) is 5.75 Å². The van der Waals surface area contributed by atoms with Crippen LogP contribution in [0.25, 0.3) is 0 Å². The molecule has 0 aliphatic rings. The third-order valence-electron chi connectivity index (χ3n) is 1.91. The highest BCUT2D eigenvalue weighted by Gasteiger charge is 2.06. The molecule has 0 heterocycles. The van der Waals surface area contributed by atoms with Crippen LogP contribution in [0.1, 0.15) is 11.1 Å². The Morgan fingerprint density at radius 1 is 1.21 bits per heavy atom. The van der Waals surface area contributed by atoms with Crippen molar-refractivity contribution in [2.24, 2.45) is 0 Å². The van der Waals surface area contributed by atoms with E-state index >= 15 is 0 Å². The molecule has 0 saturated carbocycles. The highest BCUT2D eigenvalue weighted by molar-refractivity contribution is 5.59. The lowest BCUT2D eigenvalue weighted by atomic mass is 10.1. The zero-order chi connectivity index (χ0) is 10.6. The Morgan fingerprint density at radius 2 is 1.86 bits per heavy atom. The van der Waals surface area contributed by atoms with Gasteiger partial charge in [-0.2, -0.15) is 0 Å². The Balaban J connectivity index is 3.01. The first-order valence-electron chi connectivity index (χ1n) is 4.27. The van der Waals surface area contributed by atoms with Gasteiger partial charge in [0.2, 0.25) is 0 Å². The summed E-state index contributed by atoms with van der Waals surface area (Å²) in [6, 6.07) is 3.46. The van der Waals surface area contributed by atoms with Crippen molar-refractivity contribution in [2.45, 2.75) is 13.2 Å². The Morgan fingerprint density at radius 3 is 2.43 bits per heavy atom. The van der Waals surface area contributed by atoms with E-state index in [9.17, 15) is 5.11 Å². The maximum Gasteiger partial charge on any atom is 0.139 e. The molecule has 78 valence electrons. The second kappa shape index (κ2) is 4.83. The van der Waals surface area contributed by atoms with E-state index in [0.717, 1.165) is 11.1 Å². The molecule has 3 N–H and O–H groups in total. The SMILES string of the molecule is COCc1cc(O)c(N)c(COC)c1. The minimum Gasteiger partial charge on any atom is -0.506 e. The van der Waals surface area contributed by atoms with Crippen molar-refractivity contribution >= 4 is 5.69 Å². The molecule has 1 aromatic carbocycles. The van der Waals surface area contributed by atoms with Crippen LogP contribution in [0, 0.1) is 0 Å². The van der Waals surface area contributed by atoms with E-state index in [1.807, 2.05) is 6.07 Å². The number of benzene rings is 1. The molecule has 0 aromatic heterocycles. The Kier molecular flexibility index (Phi) is 3.73. The molecular formula is C10H15NO3. The average Bonchev–Trinajstić information content (AvgIpc) is 2.14. The summed E-state index contributed by atoms with van der Waals surface area (Å²) >= 11 is 0. The number of aromatic hydroxyl groups is 1. The molecule has 0 saturated heterocycles. The van der Waals surface area contributed by atoms with Crippen LogP contribution in [0.4, 0.5) is 5.69 Å². The van der Waals surface area contributed by atoms with Crippen molar-refractivity contribution in [3.63, 3.8) is 0 Å². The number of rotatable bonds is 4. The average molecular weight is 197 g/mol. The van der Waals surface area contributed by atoms with Gasteiger partial charge in [0.15, 0.2) is 0 Å². The Bertz CT molecular complexity index is 312. The first-order valence-corrected chi connectivity index (χ1v) is 4.27. The van der Waals surface area contributed by atoms with Crippen LogP contribution in [0.2, 0.25) is 0 Å². The number of phenolic OH excluding ortho intramolecular Hbond substituents is 1. The van der Waals surface area contributed by atoms with Crippen molar-refractivity contribution in [3.05, 3.63) is 23.3 Å². The predicted molar refractivity (Wildman–Crippen MR) is 53.9 cm³/mol. The Labute approximate surface area is 83.3 Å². The minimum absolute atomic E-state index is 0.0756. The molecule has 0 fully saturated rings. The number of hydrogen-bond donors (Lipinski definition) is 2. The van der Waals surface area contributed by atoms with Gasteiger partial charge in [-0.1, -0.05) is 0 Å². The van der Waals surface area contributed by atoms with Gasteiger partial charge < -0.3 is 20.3 Å². The van der Waals surface area contributed by atoms with Crippen molar-refractivity contribution in [1.82, 2.24) is 0 Å². The Hall–Kier alpha value is -1.26. The summed E-state index contributed by atoms with van der Waals surface area (Å²) in [7, 11) is 3.18. The summed E-state index contributed by atoms with van der Waals surface area (Å²) in [5, 5.41) is 9.50. The summed E-state index contributed by atoms with van der Waals surface area (Å²) in [6.45, 7) is 0.835. The van der Waals surface area contributed by atoms with Crippen LogP contribution in [-0.4, -0.2) is 19.3 Å². The van der Waals surface area contributed by atoms with Crippen molar-refractivity contribution in [2.75, 3.05) is 20.0 Å². The molecule has 0 bridgehead atoms. The lowest BCUT2D eigenvalue weighted by molar-refractivity contribution is 0.180. The second-order valence-electron chi connectivity index (χ2n) is 3.05. The number of nitrogen functional groups attached to an aromatic ring is 1. The number of phenols is 1. The fraction of sp³-hybridized carbons (Fsp3) is 0.400. The molecule has 1 rings (SSSR count). The van der Waals surface area contributed by atoms with E-state index < -0.39 is 0 Å². The lowest BCUT2D eigenvalue weighted by Crippen LogP contribution is -1.99. The largest absolute Gasteiger partial charge is 0.506 e. The van der Waals surface area contributed by atoms with Crippen molar-refractivity contribution in [1.29, 1.82) is 0 Å².